The zero-order chi connectivity index (χ0) is 19.7. The van der Waals surface area contributed by atoms with Gasteiger partial charge in [-0.2, -0.15) is 0 Å². The fourth-order valence-corrected chi connectivity index (χ4v) is 2.34. The first-order chi connectivity index (χ1) is 12.4. The predicted octanol–water partition coefficient (Wildman–Crippen LogP) is 0.554. The average Bonchev–Trinajstić information content (AvgIpc) is 2.64. The van der Waals surface area contributed by atoms with E-state index < -0.39 is 23.8 Å². The number of carboxylic acids is 1. The summed E-state index contributed by atoms with van der Waals surface area (Å²) in [6.07, 6.45) is 0.355. The van der Waals surface area contributed by atoms with Gasteiger partial charge in [-0.3, -0.25) is 14.4 Å². The van der Waals surface area contributed by atoms with Gasteiger partial charge in [-0.15, -0.1) is 0 Å². The molecule has 9 heteroatoms. The molecule has 0 saturated heterocycles. The van der Waals surface area contributed by atoms with Crippen molar-refractivity contribution in [1.29, 1.82) is 0 Å². The first-order valence-corrected chi connectivity index (χ1v) is 7.87. The van der Waals surface area contributed by atoms with Crippen molar-refractivity contribution >= 4 is 18.3 Å². The van der Waals surface area contributed by atoms with Gasteiger partial charge in [-0.25, -0.2) is 0 Å². The van der Waals surface area contributed by atoms with Crippen LogP contribution in [0.15, 0.2) is 12.1 Å². The number of carbonyl (C=O) groups is 3. The highest BCUT2D eigenvalue weighted by Crippen LogP contribution is 2.38. The summed E-state index contributed by atoms with van der Waals surface area (Å²) >= 11 is 0. The number of hydrogen-bond donors (Lipinski definition) is 3. The molecule has 0 unspecified atom stereocenters. The first-order valence-electron chi connectivity index (χ1n) is 7.87. The van der Waals surface area contributed by atoms with Crippen molar-refractivity contribution in [2.45, 2.75) is 25.9 Å². The molecular formula is C17H24N2O7. The summed E-state index contributed by atoms with van der Waals surface area (Å²) in [6.45, 7) is 1.60. The van der Waals surface area contributed by atoms with Crippen molar-refractivity contribution in [2.24, 2.45) is 5.92 Å². The number of ether oxygens (including phenoxy) is 3. The van der Waals surface area contributed by atoms with E-state index >= 15 is 0 Å². The Bertz CT molecular complexity index is 623. The molecule has 0 spiro atoms. The van der Waals surface area contributed by atoms with Crippen LogP contribution in [0.4, 0.5) is 0 Å². The minimum atomic E-state index is -1.04. The summed E-state index contributed by atoms with van der Waals surface area (Å²) in [5.74, 6) is -0.990. The van der Waals surface area contributed by atoms with Gasteiger partial charge in [0.25, 0.3) is 0 Å². The zero-order valence-electron chi connectivity index (χ0n) is 15.2. The average molecular weight is 368 g/mol. The van der Waals surface area contributed by atoms with Gasteiger partial charge in [-0.1, -0.05) is 6.92 Å². The van der Waals surface area contributed by atoms with E-state index in [1.54, 1.807) is 12.1 Å². The molecule has 26 heavy (non-hydrogen) atoms. The van der Waals surface area contributed by atoms with Crippen LogP contribution in [-0.4, -0.2) is 50.8 Å². The molecular weight excluding hydrogens is 344 g/mol. The monoisotopic (exact) mass is 368 g/mol. The van der Waals surface area contributed by atoms with Crippen LogP contribution in [0.25, 0.3) is 0 Å². The van der Waals surface area contributed by atoms with Gasteiger partial charge in [0.1, 0.15) is 6.04 Å². The van der Waals surface area contributed by atoms with Crippen molar-refractivity contribution in [3.05, 3.63) is 17.7 Å². The van der Waals surface area contributed by atoms with E-state index in [0.29, 0.717) is 29.2 Å². The topological polar surface area (TPSA) is 123 Å². The lowest BCUT2D eigenvalue weighted by Crippen LogP contribution is -2.45. The third-order valence-electron chi connectivity index (χ3n) is 3.79. The number of methoxy groups -OCH3 is 3. The van der Waals surface area contributed by atoms with Gasteiger partial charge < -0.3 is 30.0 Å². The van der Waals surface area contributed by atoms with Crippen LogP contribution in [0.2, 0.25) is 0 Å². The zero-order valence-corrected chi connectivity index (χ0v) is 15.2. The van der Waals surface area contributed by atoms with Gasteiger partial charge in [0.05, 0.1) is 27.2 Å². The molecule has 0 aliphatic rings. The fraction of sp³-hybridized carbons (Fsp3) is 0.471. The molecule has 1 aromatic carbocycles. The maximum absolute atomic E-state index is 12.3. The summed E-state index contributed by atoms with van der Waals surface area (Å²) in [7, 11) is 4.45. The standard InChI is InChI=1S/C17H24N2O7/c1-10(17(22)23)5-12(19-9-20)16(21)18-8-11-6-13(24-2)15(26-4)14(7-11)25-3/h6-7,9-10,12H,5,8H2,1-4H3,(H,18,21)(H,19,20)(H,22,23)/t10-,12-/m0/s1. The number of amides is 2. The molecule has 0 heterocycles. The Morgan fingerprint density at radius 1 is 1.15 bits per heavy atom. The molecule has 144 valence electrons. The van der Waals surface area contributed by atoms with Crippen LogP contribution >= 0.6 is 0 Å². The number of rotatable bonds is 11. The lowest BCUT2D eigenvalue weighted by Gasteiger charge is -2.19. The third kappa shape index (κ3) is 5.54. The SMILES string of the molecule is COc1cc(CNC(=O)[C@H](C[C@H](C)C(=O)O)NC=O)cc(OC)c1OC. The van der Waals surface area contributed by atoms with E-state index in [-0.39, 0.29) is 13.0 Å². The van der Waals surface area contributed by atoms with Crippen molar-refractivity contribution in [3.8, 4) is 17.2 Å². The van der Waals surface area contributed by atoms with Crippen LogP contribution in [0.3, 0.4) is 0 Å². The predicted molar refractivity (Wildman–Crippen MR) is 92.3 cm³/mol. The highest BCUT2D eigenvalue weighted by molar-refractivity contribution is 5.84. The third-order valence-corrected chi connectivity index (χ3v) is 3.79. The number of nitrogens with one attached hydrogen (secondary N) is 2. The highest BCUT2D eigenvalue weighted by atomic mass is 16.5. The summed E-state index contributed by atoms with van der Waals surface area (Å²) in [5, 5.41) is 14.0. The van der Waals surface area contributed by atoms with Gasteiger partial charge in [0.2, 0.25) is 18.1 Å². The number of carboxylic acid groups (broad SMARTS) is 1. The highest BCUT2D eigenvalue weighted by Gasteiger charge is 2.24. The van der Waals surface area contributed by atoms with Crippen LogP contribution < -0.4 is 24.8 Å². The second-order valence-corrected chi connectivity index (χ2v) is 5.56. The molecule has 0 fully saturated rings. The molecule has 0 bridgehead atoms. The maximum Gasteiger partial charge on any atom is 0.306 e. The summed E-state index contributed by atoms with van der Waals surface area (Å²) in [5.41, 5.74) is 0.684. The quantitative estimate of drug-likeness (QED) is 0.488. The van der Waals surface area contributed by atoms with Gasteiger partial charge in [0.15, 0.2) is 11.5 Å². The molecule has 1 rings (SSSR count). The van der Waals surface area contributed by atoms with Crippen molar-refractivity contribution in [3.63, 3.8) is 0 Å². The molecule has 3 N–H and O–H groups in total. The number of hydrogen-bond acceptors (Lipinski definition) is 6. The minimum Gasteiger partial charge on any atom is -0.493 e. The molecule has 2 atom stereocenters. The van der Waals surface area contributed by atoms with Crippen molar-refractivity contribution in [2.75, 3.05) is 21.3 Å². The van der Waals surface area contributed by atoms with Crippen LogP contribution in [0, 0.1) is 5.92 Å². The normalized spacial score (nSPS) is 12.5. The first kappa shape index (κ1) is 21.1. The fourth-order valence-electron chi connectivity index (χ4n) is 2.34. The van der Waals surface area contributed by atoms with E-state index in [4.69, 9.17) is 19.3 Å². The van der Waals surface area contributed by atoms with Gasteiger partial charge in [-0.05, 0) is 24.1 Å². The molecule has 0 aliphatic carbocycles. The smallest absolute Gasteiger partial charge is 0.306 e. The number of benzene rings is 1. The van der Waals surface area contributed by atoms with Crippen LogP contribution in [-0.2, 0) is 20.9 Å². The van der Waals surface area contributed by atoms with Gasteiger partial charge in [0, 0.05) is 6.54 Å². The summed E-state index contributed by atoms with van der Waals surface area (Å²) < 4.78 is 15.7. The molecule has 0 aliphatic heterocycles. The Hall–Kier alpha value is -2.97. The minimum absolute atomic E-state index is 0.0187. The van der Waals surface area contributed by atoms with E-state index in [1.165, 1.54) is 28.3 Å². The summed E-state index contributed by atoms with van der Waals surface area (Å²) in [4.78, 5) is 33.9. The number of aliphatic carboxylic acids is 1. The van der Waals surface area contributed by atoms with Crippen molar-refractivity contribution in [1.82, 2.24) is 10.6 Å². The number of carbonyl (C=O) groups excluding carboxylic acids is 2. The van der Waals surface area contributed by atoms with E-state index in [0.717, 1.165) is 0 Å². The largest absolute Gasteiger partial charge is 0.493 e. The molecule has 0 saturated carbocycles. The lowest BCUT2D eigenvalue weighted by molar-refractivity contribution is -0.142. The lowest BCUT2D eigenvalue weighted by atomic mass is 10.0. The molecule has 0 radical (unpaired) electrons. The molecule has 0 aromatic heterocycles. The van der Waals surface area contributed by atoms with E-state index in [2.05, 4.69) is 10.6 Å². The Morgan fingerprint density at radius 2 is 1.73 bits per heavy atom. The Kier molecular flexibility index (Phi) is 8.20. The molecule has 1 aromatic rings. The van der Waals surface area contributed by atoms with Crippen LogP contribution in [0.5, 0.6) is 17.2 Å². The molecule has 9 nitrogen and oxygen atoms in total. The second kappa shape index (κ2) is 10.1. The Balaban J connectivity index is 2.87. The van der Waals surface area contributed by atoms with E-state index in [9.17, 15) is 14.4 Å². The Labute approximate surface area is 151 Å². The van der Waals surface area contributed by atoms with E-state index in [1.807, 2.05) is 0 Å². The summed E-state index contributed by atoms with van der Waals surface area (Å²) in [6, 6.07) is 2.42. The molecule has 2 amide bonds. The second-order valence-electron chi connectivity index (χ2n) is 5.56. The van der Waals surface area contributed by atoms with Gasteiger partial charge >= 0.3 is 5.97 Å². The Morgan fingerprint density at radius 3 is 2.15 bits per heavy atom. The van der Waals surface area contributed by atoms with Crippen LogP contribution in [0.1, 0.15) is 18.9 Å². The van der Waals surface area contributed by atoms with Crippen molar-refractivity contribution < 1.29 is 33.7 Å². The maximum atomic E-state index is 12.3.